The van der Waals surface area contributed by atoms with Crippen LogP contribution in [0, 0.1) is 30.9 Å². The van der Waals surface area contributed by atoms with E-state index in [4.69, 9.17) is 0 Å². The lowest BCUT2D eigenvalue weighted by Crippen LogP contribution is -2.07. The highest BCUT2D eigenvalue weighted by molar-refractivity contribution is 7.91. The van der Waals surface area contributed by atoms with Gasteiger partial charge in [-0.25, -0.2) is 8.42 Å². The van der Waals surface area contributed by atoms with Crippen molar-refractivity contribution in [1.29, 1.82) is 0 Å². The van der Waals surface area contributed by atoms with Crippen molar-refractivity contribution in [1.82, 2.24) is 0 Å². The molecule has 0 aliphatic heterocycles. The molecule has 116 valence electrons. The molecule has 0 radical (unpaired) electrons. The molecule has 6 nitrogen and oxygen atoms in total. The molecule has 0 spiro atoms. The lowest BCUT2D eigenvalue weighted by atomic mass is 10.1. The van der Waals surface area contributed by atoms with Crippen molar-refractivity contribution in [2.24, 2.45) is 0 Å². The van der Waals surface area contributed by atoms with Crippen molar-refractivity contribution in [3.05, 3.63) is 57.1 Å². The molecule has 0 unspecified atom stereocenters. The third-order valence-electron chi connectivity index (χ3n) is 3.33. The Balaban J connectivity index is 2.72. The van der Waals surface area contributed by atoms with Crippen LogP contribution in [0.25, 0.3) is 0 Å². The zero-order chi connectivity index (χ0) is 16.7. The second-order valence-corrected chi connectivity index (χ2v) is 7.03. The number of rotatable bonds is 3. The minimum absolute atomic E-state index is 0.137. The molecule has 0 aromatic heterocycles. The molecule has 0 amide bonds. The second kappa shape index (κ2) is 5.42. The Morgan fingerprint density at radius 3 is 2.09 bits per heavy atom. The van der Waals surface area contributed by atoms with Crippen LogP contribution in [-0.4, -0.2) is 18.4 Å². The predicted molar refractivity (Wildman–Crippen MR) is 80.9 cm³/mol. The Morgan fingerprint density at radius 1 is 1.05 bits per heavy atom. The number of benzene rings is 2. The molecule has 7 heteroatoms. The second-order valence-electron chi connectivity index (χ2n) is 5.14. The number of nitro benzene ring substituents is 1. The smallest absolute Gasteiger partial charge is 0.312 e. The highest BCUT2D eigenvalue weighted by Crippen LogP contribution is 2.33. The molecule has 0 atom stereocenters. The molecule has 0 fully saturated rings. The molecule has 2 aromatic carbocycles. The van der Waals surface area contributed by atoms with Gasteiger partial charge in [-0.1, -0.05) is 17.7 Å². The highest BCUT2D eigenvalue weighted by Gasteiger charge is 2.26. The fourth-order valence-electron chi connectivity index (χ4n) is 2.53. The number of sulfone groups is 1. The van der Waals surface area contributed by atoms with Crippen molar-refractivity contribution in [3.63, 3.8) is 0 Å². The van der Waals surface area contributed by atoms with Crippen LogP contribution >= 0.6 is 0 Å². The molecule has 0 aliphatic carbocycles. The molecule has 0 saturated heterocycles. The van der Waals surface area contributed by atoms with Crippen molar-refractivity contribution in [2.45, 2.75) is 30.6 Å². The van der Waals surface area contributed by atoms with Gasteiger partial charge in [-0.05, 0) is 44.0 Å². The summed E-state index contributed by atoms with van der Waals surface area (Å²) in [5, 5.41) is 20.3. The Morgan fingerprint density at radius 2 is 1.59 bits per heavy atom. The molecule has 22 heavy (non-hydrogen) atoms. The van der Waals surface area contributed by atoms with Gasteiger partial charge in [0.05, 0.1) is 14.7 Å². The first-order valence-corrected chi connectivity index (χ1v) is 7.93. The van der Waals surface area contributed by atoms with Gasteiger partial charge >= 0.3 is 5.69 Å². The third kappa shape index (κ3) is 2.67. The standard InChI is InChI=1S/C15H15NO5S/c1-9-6-10(2)15(11(3)7-9)22(20,21)12-4-5-14(17)13(8-12)16(18)19/h4-8,17H,1-3H3. The molecule has 0 saturated carbocycles. The van der Waals surface area contributed by atoms with Crippen LogP contribution in [0.3, 0.4) is 0 Å². The van der Waals surface area contributed by atoms with Gasteiger partial charge in [-0.3, -0.25) is 10.1 Å². The molecule has 0 bridgehead atoms. The number of phenols is 1. The minimum atomic E-state index is -3.91. The number of nitrogens with zero attached hydrogens (tertiary/aromatic N) is 1. The van der Waals surface area contributed by atoms with E-state index < -0.39 is 26.2 Å². The van der Waals surface area contributed by atoms with E-state index in [9.17, 15) is 23.6 Å². The molecular formula is C15H15NO5S. The number of nitro groups is 1. The van der Waals surface area contributed by atoms with E-state index in [0.717, 1.165) is 23.8 Å². The summed E-state index contributed by atoms with van der Waals surface area (Å²) in [7, 11) is -3.91. The largest absolute Gasteiger partial charge is 0.502 e. The van der Waals surface area contributed by atoms with Gasteiger partial charge in [0.15, 0.2) is 5.75 Å². The Kier molecular flexibility index (Phi) is 3.93. The molecule has 0 aliphatic rings. The lowest BCUT2D eigenvalue weighted by molar-refractivity contribution is -0.386. The number of hydrogen-bond acceptors (Lipinski definition) is 5. The van der Waals surface area contributed by atoms with Gasteiger partial charge in [0.25, 0.3) is 0 Å². The van der Waals surface area contributed by atoms with Gasteiger partial charge in [0.1, 0.15) is 0 Å². The summed E-state index contributed by atoms with van der Waals surface area (Å²) in [6.45, 7) is 5.23. The average Bonchev–Trinajstić information content (AvgIpc) is 2.36. The molecule has 0 heterocycles. The van der Waals surface area contributed by atoms with Crippen molar-refractivity contribution < 1.29 is 18.4 Å². The number of aromatic hydroxyl groups is 1. The maximum absolute atomic E-state index is 12.8. The van der Waals surface area contributed by atoms with E-state index in [1.165, 1.54) is 0 Å². The number of hydrogen-bond donors (Lipinski definition) is 1. The fourth-order valence-corrected chi connectivity index (χ4v) is 4.24. The van der Waals surface area contributed by atoms with E-state index in [0.29, 0.717) is 11.1 Å². The summed E-state index contributed by atoms with van der Waals surface area (Å²) in [6.07, 6.45) is 0. The Hall–Kier alpha value is -2.41. The van der Waals surface area contributed by atoms with E-state index in [1.54, 1.807) is 26.0 Å². The molecule has 2 aromatic rings. The highest BCUT2D eigenvalue weighted by atomic mass is 32.2. The SMILES string of the molecule is Cc1cc(C)c(S(=O)(=O)c2ccc(O)c([N+](=O)[O-])c2)c(C)c1. The van der Waals surface area contributed by atoms with Gasteiger partial charge in [-0.15, -0.1) is 0 Å². The molecular weight excluding hydrogens is 306 g/mol. The van der Waals surface area contributed by atoms with E-state index in [2.05, 4.69) is 0 Å². The number of phenolic OH excluding ortho intramolecular Hbond substituents is 1. The zero-order valence-corrected chi connectivity index (χ0v) is 13.1. The first kappa shape index (κ1) is 16.0. The summed E-state index contributed by atoms with van der Waals surface area (Å²) in [6, 6.07) is 6.55. The van der Waals surface area contributed by atoms with Gasteiger partial charge in [0, 0.05) is 6.07 Å². The third-order valence-corrected chi connectivity index (χ3v) is 5.38. The number of aryl methyl sites for hydroxylation is 3. The van der Waals surface area contributed by atoms with Gasteiger partial charge < -0.3 is 5.11 Å². The van der Waals surface area contributed by atoms with E-state index >= 15 is 0 Å². The van der Waals surface area contributed by atoms with Gasteiger partial charge in [-0.2, -0.15) is 0 Å². The van der Waals surface area contributed by atoms with Crippen molar-refractivity contribution in [2.75, 3.05) is 0 Å². The van der Waals surface area contributed by atoms with Crippen molar-refractivity contribution >= 4 is 15.5 Å². The maximum atomic E-state index is 12.8. The minimum Gasteiger partial charge on any atom is -0.502 e. The zero-order valence-electron chi connectivity index (χ0n) is 12.3. The molecule has 2 rings (SSSR count). The fraction of sp³-hybridized carbons (Fsp3) is 0.200. The van der Waals surface area contributed by atoms with Crippen molar-refractivity contribution in [3.8, 4) is 5.75 Å². The monoisotopic (exact) mass is 321 g/mol. The van der Waals surface area contributed by atoms with Crippen LogP contribution in [0.15, 0.2) is 40.1 Å². The molecule has 1 N–H and O–H groups in total. The Labute approximate surface area is 128 Å². The first-order chi connectivity index (χ1) is 10.1. The quantitative estimate of drug-likeness (QED) is 0.692. The van der Waals surface area contributed by atoms with Crippen LogP contribution in [0.2, 0.25) is 0 Å². The van der Waals surface area contributed by atoms with Gasteiger partial charge in [0.2, 0.25) is 9.84 Å². The van der Waals surface area contributed by atoms with E-state index in [-0.39, 0.29) is 9.79 Å². The summed E-state index contributed by atoms with van der Waals surface area (Å²) < 4.78 is 25.5. The summed E-state index contributed by atoms with van der Waals surface area (Å²) in [5.41, 5.74) is 1.45. The Bertz CT molecular complexity index is 848. The van der Waals surface area contributed by atoms with E-state index in [1.807, 2.05) is 6.92 Å². The maximum Gasteiger partial charge on any atom is 0.312 e. The van der Waals surface area contributed by atoms with Crippen LogP contribution in [-0.2, 0) is 9.84 Å². The normalized spacial score (nSPS) is 11.4. The summed E-state index contributed by atoms with van der Waals surface area (Å²) in [5.74, 6) is -0.568. The van der Waals surface area contributed by atoms with Crippen LogP contribution in [0.4, 0.5) is 5.69 Å². The lowest BCUT2D eigenvalue weighted by Gasteiger charge is -2.12. The average molecular weight is 321 g/mol. The van der Waals surface area contributed by atoms with Crippen LogP contribution < -0.4 is 0 Å². The summed E-state index contributed by atoms with van der Waals surface area (Å²) in [4.78, 5) is 9.97. The summed E-state index contributed by atoms with van der Waals surface area (Å²) >= 11 is 0. The van der Waals surface area contributed by atoms with Crippen LogP contribution in [0.5, 0.6) is 5.75 Å². The first-order valence-electron chi connectivity index (χ1n) is 6.45. The topological polar surface area (TPSA) is 97.5 Å². The van der Waals surface area contributed by atoms with Crippen LogP contribution in [0.1, 0.15) is 16.7 Å². The predicted octanol–water partition coefficient (Wildman–Crippen LogP) is 3.06.